The van der Waals surface area contributed by atoms with E-state index >= 15 is 0 Å². The SMILES string of the molecule is O=C(O)CCn1nccc1C(=O)N(Cc1ccccc1)Cc1ccccc1. The van der Waals surface area contributed by atoms with Crippen molar-refractivity contribution in [2.24, 2.45) is 0 Å². The van der Waals surface area contributed by atoms with Gasteiger partial charge in [-0.2, -0.15) is 5.10 Å². The van der Waals surface area contributed by atoms with Crippen LogP contribution in [0.4, 0.5) is 0 Å². The Balaban J connectivity index is 1.84. The van der Waals surface area contributed by atoms with Crippen LogP contribution >= 0.6 is 0 Å². The second kappa shape index (κ2) is 8.80. The molecule has 3 aromatic rings. The quantitative estimate of drug-likeness (QED) is 0.667. The summed E-state index contributed by atoms with van der Waals surface area (Å²) >= 11 is 0. The predicted octanol–water partition coefficient (Wildman–Crippen LogP) is 3.20. The van der Waals surface area contributed by atoms with Crippen LogP contribution in [0.5, 0.6) is 0 Å². The molecule has 0 fully saturated rings. The fraction of sp³-hybridized carbons (Fsp3) is 0.190. The predicted molar refractivity (Wildman–Crippen MR) is 101 cm³/mol. The van der Waals surface area contributed by atoms with Gasteiger partial charge in [0.25, 0.3) is 5.91 Å². The number of hydrogen-bond acceptors (Lipinski definition) is 3. The summed E-state index contributed by atoms with van der Waals surface area (Å²) < 4.78 is 1.46. The van der Waals surface area contributed by atoms with Crippen LogP contribution in [0.3, 0.4) is 0 Å². The van der Waals surface area contributed by atoms with Crippen LogP contribution in [0, 0.1) is 0 Å². The zero-order chi connectivity index (χ0) is 19.1. The summed E-state index contributed by atoms with van der Waals surface area (Å²) in [7, 11) is 0. The van der Waals surface area contributed by atoms with Crippen LogP contribution in [-0.2, 0) is 24.4 Å². The molecule has 0 spiro atoms. The molecule has 0 aliphatic heterocycles. The number of carbonyl (C=O) groups is 2. The maximum absolute atomic E-state index is 13.2. The molecule has 0 radical (unpaired) electrons. The Labute approximate surface area is 157 Å². The Morgan fingerprint density at radius 2 is 1.44 bits per heavy atom. The van der Waals surface area contributed by atoms with E-state index in [1.807, 2.05) is 60.7 Å². The molecule has 27 heavy (non-hydrogen) atoms. The first kappa shape index (κ1) is 18.4. The summed E-state index contributed by atoms with van der Waals surface area (Å²) in [5, 5.41) is 13.0. The molecule has 0 aliphatic rings. The van der Waals surface area contributed by atoms with Gasteiger partial charge in [-0.05, 0) is 17.2 Å². The highest BCUT2D eigenvalue weighted by atomic mass is 16.4. The Bertz CT molecular complexity index is 850. The molecule has 3 rings (SSSR count). The molecule has 0 bridgehead atoms. The fourth-order valence-corrected chi connectivity index (χ4v) is 2.86. The first-order valence-corrected chi connectivity index (χ1v) is 8.74. The molecule has 2 aromatic carbocycles. The average molecular weight is 363 g/mol. The van der Waals surface area contributed by atoms with Crippen molar-refractivity contribution in [3.05, 3.63) is 89.7 Å². The molecule has 0 aliphatic carbocycles. The zero-order valence-electron chi connectivity index (χ0n) is 14.9. The minimum atomic E-state index is -0.922. The lowest BCUT2D eigenvalue weighted by atomic mass is 10.1. The molecule has 0 unspecified atom stereocenters. The normalized spacial score (nSPS) is 10.5. The molecule has 6 nitrogen and oxygen atoms in total. The second-order valence-electron chi connectivity index (χ2n) is 6.22. The van der Waals surface area contributed by atoms with Gasteiger partial charge in [0, 0.05) is 19.3 Å². The number of aliphatic carboxylic acids is 1. The van der Waals surface area contributed by atoms with Crippen molar-refractivity contribution in [2.45, 2.75) is 26.1 Å². The minimum absolute atomic E-state index is 0.0840. The number of aromatic nitrogens is 2. The molecular formula is C21H21N3O3. The van der Waals surface area contributed by atoms with Crippen molar-refractivity contribution in [1.29, 1.82) is 0 Å². The topological polar surface area (TPSA) is 75.4 Å². The number of nitrogens with zero attached hydrogens (tertiary/aromatic N) is 3. The van der Waals surface area contributed by atoms with Gasteiger partial charge in [0.1, 0.15) is 5.69 Å². The maximum Gasteiger partial charge on any atom is 0.305 e. The number of carboxylic acids is 1. The van der Waals surface area contributed by atoms with Crippen molar-refractivity contribution in [2.75, 3.05) is 0 Å². The van der Waals surface area contributed by atoms with E-state index in [4.69, 9.17) is 5.11 Å². The molecule has 138 valence electrons. The third-order valence-electron chi connectivity index (χ3n) is 4.19. The van der Waals surface area contributed by atoms with Gasteiger partial charge >= 0.3 is 5.97 Å². The van der Waals surface area contributed by atoms with Crippen molar-refractivity contribution < 1.29 is 14.7 Å². The molecule has 0 saturated carbocycles. The van der Waals surface area contributed by atoms with E-state index in [1.165, 1.54) is 10.9 Å². The van der Waals surface area contributed by atoms with Crippen molar-refractivity contribution >= 4 is 11.9 Å². The summed E-state index contributed by atoms with van der Waals surface area (Å²) in [5.41, 5.74) is 2.44. The standard InChI is InChI=1S/C21H21N3O3/c25-20(26)12-14-24-19(11-13-22-24)21(27)23(15-17-7-3-1-4-8-17)16-18-9-5-2-6-10-18/h1-11,13H,12,14-16H2,(H,25,26). The van der Waals surface area contributed by atoms with E-state index in [1.54, 1.807) is 11.0 Å². The van der Waals surface area contributed by atoms with E-state index in [0.717, 1.165) is 11.1 Å². The van der Waals surface area contributed by atoms with Crippen LogP contribution in [0.2, 0.25) is 0 Å². The van der Waals surface area contributed by atoms with E-state index in [2.05, 4.69) is 5.10 Å². The second-order valence-corrected chi connectivity index (χ2v) is 6.22. The van der Waals surface area contributed by atoms with Crippen LogP contribution in [0.1, 0.15) is 28.0 Å². The molecule has 1 heterocycles. The number of benzene rings is 2. The molecule has 0 saturated heterocycles. The van der Waals surface area contributed by atoms with Gasteiger partial charge in [0.2, 0.25) is 0 Å². The summed E-state index contributed by atoms with van der Waals surface area (Å²) in [6.45, 7) is 1.07. The third-order valence-corrected chi connectivity index (χ3v) is 4.19. The van der Waals surface area contributed by atoms with Gasteiger partial charge in [-0.3, -0.25) is 14.3 Å². The number of rotatable bonds is 8. The van der Waals surface area contributed by atoms with Gasteiger partial charge in [-0.1, -0.05) is 60.7 Å². The van der Waals surface area contributed by atoms with Gasteiger partial charge < -0.3 is 10.0 Å². The van der Waals surface area contributed by atoms with E-state index in [-0.39, 0.29) is 18.9 Å². The Kier molecular flexibility index (Phi) is 5.99. The minimum Gasteiger partial charge on any atom is -0.481 e. The maximum atomic E-state index is 13.2. The first-order valence-electron chi connectivity index (χ1n) is 8.74. The zero-order valence-corrected chi connectivity index (χ0v) is 14.9. The van der Waals surface area contributed by atoms with Gasteiger partial charge in [-0.25, -0.2) is 0 Å². The van der Waals surface area contributed by atoms with Crippen molar-refractivity contribution in [3.8, 4) is 0 Å². The Morgan fingerprint density at radius 1 is 0.889 bits per heavy atom. The molecule has 1 aromatic heterocycles. The highest BCUT2D eigenvalue weighted by Crippen LogP contribution is 2.14. The lowest BCUT2D eigenvalue weighted by Crippen LogP contribution is -2.32. The highest BCUT2D eigenvalue weighted by Gasteiger charge is 2.20. The first-order chi connectivity index (χ1) is 13.1. The monoisotopic (exact) mass is 363 g/mol. The number of hydrogen-bond donors (Lipinski definition) is 1. The third kappa shape index (κ3) is 5.04. The van der Waals surface area contributed by atoms with Crippen LogP contribution < -0.4 is 0 Å². The molecular weight excluding hydrogens is 342 g/mol. The van der Waals surface area contributed by atoms with Crippen molar-refractivity contribution in [1.82, 2.24) is 14.7 Å². The molecule has 0 atom stereocenters. The molecule has 1 amide bonds. The number of aryl methyl sites for hydroxylation is 1. The smallest absolute Gasteiger partial charge is 0.305 e. The number of carbonyl (C=O) groups excluding carboxylic acids is 1. The van der Waals surface area contributed by atoms with Crippen LogP contribution in [0.15, 0.2) is 72.9 Å². The fourth-order valence-electron chi connectivity index (χ4n) is 2.86. The van der Waals surface area contributed by atoms with Gasteiger partial charge in [-0.15, -0.1) is 0 Å². The lowest BCUT2D eigenvalue weighted by Gasteiger charge is -2.23. The lowest BCUT2D eigenvalue weighted by molar-refractivity contribution is -0.137. The van der Waals surface area contributed by atoms with Gasteiger partial charge in [0.05, 0.1) is 13.0 Å². The van der Waals surface area contributed by atoms with E-state index in [0.29, 0.717) is 18.8 Å². The van der Waals surface area contributed by atoms with Crippen LogP contribution in [-0.4, -0.2) is 31.7 Å². The number of amides is 1. The van der Waals surface area contributed by atoms with Gasteiger partial charge in [0.15, 0.2) is 0 Å². The van der Waals surface area contributed by atoms with E-state index in [9.17, 15) is 9.59 Å². The average Bonchev–Trinajstić information content (AvgIpc) is 3.15. The largest absolute Gasteiger partial charge is 0.481 e. The highest BCUT2D eigenvalue weighted by molar-refractivity contribution is 5.92. The molecule has 1 N–H and O–H groups in total. The molecule has 6 heteroatoms. The Hall–Kier alpha value is -3.41. The summed E-state index contributed by atoms with van der Waals surface area (Å²) in [4.78, 5) is 25.8. The van der Waals surface area contributed by atoms with Crippen LogP contribution in [0.25, 0.3) is 0 Å². The number of carboxylic acid groups (broad SMARTS) is 1. The summed E-state index contributed by atoms with van der Waals surface area (Å²) in [6.07, 6.45) is 1.44. The summed E-state index contributed by atoms with van der Waals surface area (Å²) in [5.74, 6) is -1.10. The summed E-state index contributed by atoms with van der Waals surface area (Å²) in [6, 6.07) is 21.2. The van der Waals surface area contributed by atoms with E-state index < -0.39 is 5.97 Å². The Morgan fingerprint density at radius 3 is 1.96 bits per heavy atom. The van der Waals surface area contributed by atoms with Crippen molar-refractivity contribution in [3.63, 3.8) is 0 Å².